The van der Waals surface area contributed by atoms with Gasteiger partial charge in [0.15, 0.2) is 11.5 Å². The number of thiophene rings is 1. The van der Waals surface area contributed by atoms with Gasteiger partial charge in [0.2, 0.25) is 5.91 Å². The molecule has 0 aliphatic heterocycles. The molecule has 0 spiro atoms. The quantitative estimate of drug-likeness (QED) is 0.789. The van der Waals surface area contributed by atoms with Gasteiger partial charge in [-0.25, -0.2) is 0 Å². The summed E-state index contributed by atoms with van der Waals surface area (Å²) in [5, 5.41) is 12.7. The molecule has 2 rings (SSSR count). The van der Waals surface area contributed by atoms with Crippen LogP contribution in [0.5, 0.6) is 11.5 Å². The first-order valence-electron chi connectivity index (χ1n) is 7.77. The lowest BCUT2D eigenvalue weighted by Crippen LogP contribution is -2.07. The van der Waals surface area contributed by atoms with Gasteiger partial charge in [-0.3, -0.25) is 4.79 Å². The van der Waals surface area contributed by atoms with Gasteiger partial charge < -0.3 is 14.8 Å². The SMILES string of the molecule is CCc1c(C)sc(NC(=O)/C=C\c2ccc(OC)c(OC)c2)c1C#N. The molecule has 5 nitrogen and oxygen atoms in total. The summed E-state index contributed by atoms with van der Waals surface area (Å²) in [6, 6.07) is 7.58. The smallest absolute Gasteiger partial charge is 0.249 e. The Hall–Kier alpha value is -2.78. The van der Waals surface area contributed by atoms with Gasteiger partial charge in [0.25, 0.3) is 0 Å². The maximum absolute atomic E-state index is 12.2. The molecule has 1 N–H and O–H groups in total. The third kappa shape index (κ3) is 4.20. The highest BCUT2D eigenvalue weighted by Crippen LogP contribution is 2.33. The Bertz CT molecular complexity index is 847. The Morgan fingerprint density at radius 2 is 2.04 bits per heavy atom. The van der Waals surface area contributed by atoms with E-state index in [1.165, 1.54) is 17.4 Å². The second kappa shape index (κ2) is 8.36. The second-order valence-corrected chi connectivity index (χ2v) is 6.47. The fourth-order valence-electron chi connectivity index (χ4n) is 2.49. The number of nitrogens with zero attached hydrogens (tertiary/aromatic N) is 1. The Morgan fingerprint density at radius 1 is 1.32 bits per heavy atom. The molecule has 1 aromatic carbocycles. The number of hydrogen-bond donors (Lipinski definition) is 1. The number of hydrogen-bond acceptors (Lipinski definition) is 5. The highest BCUT2D eigenvalue weighted by Gasteiger charge is 2.15. The molecule has 0 radical (unpaired) electrons. The molecule has 0 aliphatic rings. The van der Waals surface area contributed by atoms with Crippen LogP contribution in [0.3, 0.4) is 0 Å². The van der Waals surface area contributed by atoms with E-state index in [2.05, 4.69) is 11.4 Å². The van der Waals surface area contributed by atoms with Crippen LogP contribution in [0.1, 0.15) is 28.5 Å². The van der Waals surface area contributed by atoms with Crippen LogP contribution in [-0.4, -0.2) is 20.1 Å². The second-order valence-electron chi connectivity index (χ2n) is 5.24. The summed E-state index contributed by atoms with van der Waals surface area (Å²) < 4.78 is 10.4. The van der Waals surface area contributed by atoms with Gasteiger partial charge in [0, 0.05) is 11.0 Å². The van der Waals surface area contributed by atoms with Crippen LogP contribution in [0, 0.1) is 18.3 Å². The van der Waals surface area contributed by atoms with Gasteiger partial charge >= 0.3 is 0 Å². The van der Waals surface area contributed by atoms with E-state index in [9.17, 15) is 10.1 Å². The summed E-state index contributed by atoms with van der Waals surface area (Å²) in [6.07, 6.45) is 3.89. The molecule has 130 valence electrons. The third-order valence-corrected chi connectivity index (χ3v) is 4.81. The normalized spacial score (nSPS) is 10.5. The molecule has 0 unspecified atom stereocenters. The van der Waals surface area contributed by atoms with Crippen LogP contribution in [0.25, 0.3) is 6.08 Å². The van der Waals surface area contributed by atoms with E-state index in [-0.39, 0.29) is 5.91 Å². The van der Waals surface area contributed by atoms with Crippen molar-refractivity contribution in [3.8, 4) is 17.6 Å². The fraction of sp³-hybridized carbons (Fsp3) is 0.263. The molecule has 0 saturated heterocycles. The molecule has 2 aromatic rings. The van der Waals surface area contributed by atoms with Gasteiger partial charge in [-0.2, -0.15) is 5.26 Å². The molecule has 0 bridgehead atoms. The van der Waals surface area contributed by atoms with Crippen molar-refractivity contribution in [2.24, 2.45) is 0 Å². The predicted octanol–water partition coefficient (Wildman–Crippen LogP) is 4.16. The van der Waals surface area contributed by atoms with E-state index >= 15 is 0 Å². The van der Waals surface area contributed by atoms with Gasteiger partial charge in [-0.1, -0.05) is 13.0 Å². The van der Waals surface area contributed by atoms with Crippen molar-refractivity contribution in [1.29, 1.82) is 5.26 Å². The molecular formula is C19H20N2O3S. The number of carbonyl (C=O) groups excluding carboxylic acids is 1. The Balaban J connectivity index is 2.16. The highest BCUT2D eigenvalue weighted by atomic mass is 32.1. The molecule has 1 aromatic heterocycles. The number of amides is 1. The van der Waals surface area contributed by atoms with E-state index in [0.29, 0.717) is 22.1 Å². The van der Waals surface area contributed by atoms with Crippen molar-refractivity contribution in [3.05, 3.63) is 45.8 Å². The van der Waals surface area contributed by atoms with Crippen molar-refractivity contribution in [2.45, 2.75) is 20.3 Å². The maximum atomic E-state index is 12.2. The van der Waals surface area contributed by atoms with Crippen molar-refractivity contribution in [1.82, 2.24) is 0 Å². The van der Waals surface area contributed by atoms with E-state index in [1.807, 2.05) is 19.9 Å². The summed E-state index contributed by atoms with van der Waals surface area (Å²) in [6.45, 7) is 3.96. The van der Waals surface area contributed by atoms with Crippen LogP contribution in [0.15, 0.2) is 24.3 Å². The molecule has 0 saturated carbocycles. The summed E-state index contributed by atoms with van der Waals surface area (Å²) in [4.78, 5) is 13.2. The van der Waals surface area contributed by atoms with Crippen molar-refractivity contribution in [2.75, 3.05) is 19.5 Å². The number of nitriles is 1. The summed E-state index contributed by atoms with van der Waals surface area (Å²) >= 11 is 1.43. The summed E-state index contributed by atoms with van der Waals surface area (Å²) in [5.41, 5.74) is 2.36. The fourth-order valence-corrected chi connectivity index (χ4v) is 3.59. The Morgan fingerprint density at radius 3 is 2.64 bits per heavy atom. The number of methoxy groups -OCH3 is 2. The van der Waals surface area contributed by atoms with Gasteiger partial charge in [0.05, 0.1) is 19.8 Å². The van der Waals surface area contributed by atoms with E-state index < -0.39 is 0 Å². The zero-order valence-corrected chi connectivity index (χ0v) is 15.5. The van der Waals surface area contributed by atoms with Crippen molar-refractivity contribution >= 4 is 28.3 Å². The van der Waals surface area contributed by atoms with Gasteiger partial charge in [0.1, 0.15) is 11.1 Å². The van der Waals surface area contributed by atoms with Gasteiger partial charge in [-0.15, -0.1) is 11.3 Å². The summed E-state index contributed by atoms with van der Waals surface area (Å²) in [5.74, 6) is 0.942. The topological polar surface area (TPSA) is 71.3 Å². The molecule has 0 aliphatic carbocycles. The molecule has 1 heterocycles. The average molecular weight is 356 g/mol. The number of anilines is 1. The molecule has 0 fully saturated rings. The number of nitrogens with one attached hydrogen (secondary N) is 1. The minimum absolute atomic E-state index is 0.282. The molecular weight excluding hydrogens is 336 g/mol. The zero-order valence-electron chi connectivity index (χ0n) is 14.7. The Kier molecular flexibility index (Phi) is 6.20. The third-order valence-electron chi connectivity index (χ3n) is 3.75. The number of carbonyl (C=O) groups is 1. The van der Waals surface area contributed by atoms with E-state index in [0.717, 1.165) is 22.4 Å². The first-order chi connectivity index (χ1) is 12.0. The monoisotopic (exact) mass is 356 g/mol. The highest BCUT2D eigenvalue weighted by molar-refractivity contribution is 7.16. The lowest BCUT2D eigenvalue weighted by Gasteiger charge is -2.07. The summed E-state index contributed by atoms with van der Waals surface area (Å²) in [7, 11) is 3.13. The largest absolute Gasteiger partial charge is 0.493 e. The number of benzene rings is 1. The maximum Gasteiger partial charge on any atom is 0.249 e. The zero-order chi connectivity index (χ0) is 18.4. The van der Waals surface area contributed by atoms with Crippen molar-refractivity contribution < 1.29 is 14.3 Å². The molecule has 6 heteroatoms. The van der Waals surface area contributed by atoms with Crippen molar-refractivity contribution in [3.63, 3.8) is 0 Å². The van der Waals surface area contributed by atoms with Crippen LogP contribution in [0.2, 0.25) is 0 Å². The lowest BCUT2D eigenvalue weighted by molar-refractivity contribution is -0.111. The van der Waals surface area contributed by atoms with Crippen LogP contribution in [0.4, 0.5) is 5.00 Å². The van der Waals surface area contributed by atoms with Crippen LogP contribution < -0.4 is 14.8 Å². The number of aryl methyl sites for hydroxylation is 1. The molecule has 0 atom stereocenters. The van der Waals surface area contributed by atoms with Gasteiger partial charge in [-0.05, 0) is 42.7 Å². The van der Waals surface area contributed by atoms with E-state index in [4.69, 9.17) is 9.47 Å². The minimum Gasteiger partial charge on any atom is -0.493 e. The molecule has 25 heavy (non-hydrogen) atoms. The van der Waals surface area contributed by atoms with E-state index in [1.54, 1.807) is 32.4 Å². The van der Waals surface area contributed by atoms with Crippen LogP contribution in [-0.2, 0) is 11.2 Å². The first-order valence-corrected chi connectivity index (χ1v) is 8.59. The predicted molar refractivity (Wildman–Crippen MR) is 100 cm³/mol. The number of ether oxygens (including phenoxy) is 2. The minimum atomic E-state index is -0.282. The molecule has 1 amide bonds. The number of rotatable bonds is 6. The average Bonchev–Trinajstić information content (AvgIpc) is 2.93. The lowest BCUT2D eigenvalue weighted by atomic mass is 10.1. The van der Waals surface area contributed by atoms with Crippen LogP contribution >= 0.6 is 11.3 Å². The Labute approximate surface area is 151 Å². The first kappa shape index (κ1) is 18.6. The standard InChI is InChI=1S/C19H20N2O3S/c1-5-14-12(2)25-19(15(14)11-20)21-18(22)9-7-13-6-8-16(23-3)17(10-13)24-4/h6-10H,5H2,1-4H3,(H,21,22)/b9-7-.